The number of unbranched alkanes of at least 4 members (excludes halogenated alkanes) is 12. The third-order valence-corrected chi connectivity index (χ3v) is 8.94. The fourth-order valence-electron chi connectivity index (χ4n) is 4.91. The summed E-state index contributed by atoms with van der Waals surface area (Å²) in [5, 5.41) is 9.75. The molecular formula is C43H74NO8P. The first-order valence-electron chi connectivity index (χ1n) is 20.2. The van der Waals surface area contributed by atoms with E-state index >= 15 is 0 Å². The lowest BCUT2D eigenvalue weighted by Crippen LogP contribution is -2.25. The Morgan fingerprint density at radius 1 is 0.698 bits per heavy atom. The van der Waals surface area contributed by atoms with Crippen LogP contribution < -0.4 is 5.73 Å². The summed E-state index contributed by atoms with van der Waals surface area (Å²) < 4.78 is 33.0. The number of allylic oxidation sites excluding steroid dienone is 11. The van der Waals surface area contributed by atoms with Crippen molar-refractivity contribution in [2.24, 2.45) is 5.73 Å². The lowest BCUT2D eigenvalue weighted by atomic mass is 10.1. The molecule has 2 unspecified atom stereocenters. The van der Waals surface area contributed by atoms with Crippen molar-refractivity contribution >= 4 is 13.8 Å². The molecule has 4 N–H and O–H groups in total. The van der Waals surface area contributed by atoms with Crippen LogP contribution in [0.25, 0.3) is 0 Å². The Hall–Kier alpha value is -2.52. The van der Waals surface area contributed by atoms with Crippen LogP contribution in [0.15, 0.2) is 85.3 Å². The predicted molar refractivity (Wildman–Crippen MR) is 220 cm³/mol. The van der Waals surface area contributed by atoms with E-state index in [1.165, 1.54) is 64.2 Å². The number of ether oxygens (including phenoxy) is 2. The van der Waals surface area contributed by atoms with Crippen LogP contribution in [0, 0.1) is 0 Å². The van der Waals surface area contributed by atoms with E-state index in [4.69, 9.17) is 24.3 Å². The maximum atomic E-state index is 12.4. The molecule has 9 nitrogen and oxygen atoms in total. The van der Waals surface area contributed by atoms with Crippen molar-refractivity contribution in [3.05, 3.63) is 85.3 Å². The molecule has 0 aliphatic carbocycles. The van der Waals surface area contributed by atoms with E-state index in [0.29, 0.717) is 12.8 Å². The van der Waals surface area contributed by atoms with Gasteiger partial charge < -0.3 is 25.2 Å². The highest BCUT2D eigenvalue weighted by atomic mass is 31.2. The largest absolute Gasteiger partial charge is 0.492 e. The number of aliphatic hydroxyl groups excluding tert-OH is 1. The molecule has 0 spiro atoms. The summed E-state index contributed by atoms with van der Waals surface area (Å²) in [6, 6.07) is 0. The second-order valence-electron chi connectivity index (χ2n) is 13.0. The summed E-state index contributed by atoms with van der Waals surface area (Å²) in [6.07, 6.45) is 47.6. The van der Waals surface area contributed by atoms with Gasteiger partial charge in [-0.3, -0.25) is 13.8 Å². The highest BCUT2D eigenvalue weighted by Crippen LogP contribution is 2.43. The average Bonchev–Trinajstić information content (AvgIpc) is 3.15. The van der Waals surface area contributed by atoms with Crippen LogP contribution in [0.1, 0.15) is 142 Å². The SMILES string of the molecule is CC/C=C\C(O)C/C=C/C=C\C/C=C\C/C=C\CCCC(=O)OC[C@H](COP(=O)(O)OCCN)O/C=C/CCCCCCCC/C=C\CCCCCC. The number of carbonyl (C=O) groups excluding carboxylic acids is 1. The van der Waals surface area contributed by atoms with Crippen LogP contribution in [0.2, 0.25) is 0 Å². The van der Waals surface area contributed by atoms with Gasteiger partial charge in [0.05, 0.1) is 25.6 Å². The first-order valence-corrected chi connectivity index (χ1v) is 21.7. The van der Waals surface area contributed by atoms with Gasteiger partial charge in [0.1, 0.15) is 6.61 Å². The zero-order valence-corrected chi connectivity index (χ0v) is 34.0. The van der Waals surface area contributed by atoms with Gasteiger partial charge in [-0.05, 0) is 83.1 Å². The summed E-state index contributed by atoms with van der Waals surface area (Å²) in [6.45, 7) is 3.85. The second-order valence-corrected chi connectivity index (χ2v) is 14.5. The first kappa shape index (κ1) is 50.5. The average molecular weight is 764 g/mol. The Kier molecular flexibility index (Phi) is 37.3. The molecular weight excluding hydrogens is 689 g/mol. The molecule has 53 heavy (non-hydrogen) atoms. The van der Waals surface area contributed by atoms with Crippen molar-refractivity contribution < 1.29 is 37.9 Å². The Morgan fingerprint density at radius 3 is 1.96 bits per heavy atom. The topological polar surface area (TPSA) is 138 Å². The molecule has 0 rings (SSSR count). The van der Waals surface area contributed by atoms with Crippen LogP contribution >= 0.6 is 7.82 Å². The Bertz CT molecular complexity index is 1100. The van der Waals surface area contributed by atoms with Gasteiger partial charge in [0.2, 0.25) is 0 Å². The number of hydrogen-bond acceptors (Lipinski definition) is 8. The van der Waals surface area contributed by atoms with Crippen LogP contribution in [-0.4, -0.2) is 54.5 Å². The van der Waals surface area contributed by atoms with Gasteiger partial charge in [0, 0.05) is 13.0 Å². The second kappa shape index (κ2) is 39.2. The number of rotatable bonds is 37. The number of carbonyl (C=O) groups is 1. The van der Waals surface area contributed by atoms with Crippen molar-refractivity contribution in [2.75, 3.05) is 26.4 Å². The molecule has 0 heterocycles. The van der Waals surface area contributed by atoms with Gasteiger partial charge in [-0.1, -0.05) is 132 Å². The molecule has 3 atom stereocenters. The fraction of sp³-hybridized carbons (Fsp3) is 0.651. The lowest BCUT2D eigenvalue weighted by Gasteiger charge is -2.19. The third kappa shape index (κ3) is 39.0. The first-order chi connectivity index (χ1) is 25.8. The highest BCUT2D eigenvalue weighted by molar-refractivity contribution is 7.47. The van der Waals surface area contributed by atoms with E-state index in [1.807, 2.05) is 43.4 Å². The molecule has 0 aromatic rings. The van der Waals surface area contributed by atoms with Gasteiger partial charge in [-0.2, -0.15) is 0 Å². The van der Waals surface area contributed by atoms with Crippen LogP contribution in [0.5, 0.6) is 0 Å². The Balaban J connectivity index is 4.28. The summed E-state index contributed by atoms with van der Waals surface area (Å²) in [5.74, 6) is -0.367. The molecule has 0 aliphatic rings. The molecule has 0 saturated carbocycles. The number of phosphoric ester groups is 1. The molecule has 0 aromatic carbocycles. The van der Waals surface area contributed by atoms with Crippen molar-refractivity contribution in [3.8, 4) is 0 Å². The van der Waals surface area contributed by atoms with Crippen LogP contribution in [0.4, 0.5) is 0 Å². The van der Waals surface area contributed by atoms with Crippen molar-refractivity contribution in [1.82, 2.24) is 0 Å². The fourth-order valence-corrected chi connectivity index (χ4v) is 5.68. The van der Waals surface area contributed by atoms with Gasteiger partial charge in [0.25, 0.3) is 0 Å². The zero-order valence-electron chi connectivity index (χ0n) is 33.1. The van der Waals surface area contributed by atoms with E-state index in [-0.39, 0.29) is 38.8 Å². The highest BCUT2D eigenvalue weighted by Gasteiger charge is 2.24. The molecule has 0 bridgehead atoms. The van der Waals surface area contributed by atoms with Gasteiger partial charge in [0.15, 0.2) is 6.10 Å². The Labute approximate surface area is 322 Å². The van der Waals surface area contributed by atoms with Crippen LogP contribution in [-0.2, 0) is 27.9 Å². The molecule has 0 aromatic heterocycles. The number of hydrogen-bond donors (Lipinski definition) is 3. The van der Waals surface area contributed by atoms with Crippen molar-refractivity contribution in [2.45, 2.75) is 154 Å². The predicted octanol–water partition coefficient (Wildman–Crippen LogP) is 11.1. The third-order valence-electron chi connectivity index (χ3n) is 7.96. The number of aliphatic hydroxyl groups is 1. The Morgan fingerprint density at radius 2 is 1.28 bits per heavy atom. The van der Waals surface area contributed by atoms with E-state index in [1.54, 1.807) is 6.26 Å². The normalized spacial score (nSPS) is 15.0. The monoisotopic (exact) mass is 764 g/mol. The smallest absolute Gasteiger partial charge is 0.472 e. The molecule has 0 saturated heterocycles. The minimum atomic E-state index is -4.29. The van der Waals surface area contributed by atoms with E-state index in [9.17, 15) is 19.4 Å². The summed E-state index contributed by atoms with van der Waals surface area (Å²) in [7, 11) is -4.29. The molecule has 0 amide bonds. The van der Waals surface area contributed by atoms with Crippen molar-refractivity contribution in [1.29, 1.82) is 0 Å². The summed E-state index contributed by atoms with van der Waals surface area (Å²) >= 11 is 0. The van der Waals surface area contributed by atoms with Gasteiger partial charge in [-0.15, -0.1) is 0 Å². The van der Waals surface area contributed by atoms with Gasteiger partial charge in [-0.25, -0.2) is 4.57 Å². The summed E-state index contributed by atoms with van der Waals surface area (Å²) in [5.41, 5.74) is 5.35. The molecule has 304 valence electrons. The number of esters is 1. The quantitative estimate of drug-likeness (QED) is 0.0141. The van der Waals surface area contributed by atoms with E-state index < -0.39 is 20.0 Å². The standard InChI is InChI=1S/C43H74NO8P/c1-3-5-7-8-9-10-11-12-13-14-17-20-23-26-29-32-37-49-42(40-52-53(47,48)51-38-36-44)39-50-43(46)35-31-28-25-22-19-16-15-18-21-24-27-30-34-41(45)33-6-4-2/h6,10-11,15-16,21-22,24-25,27,30,32-33,37,41-42,45H,3-5,7-9,12-14,17-20,23,26,28-29,31,34-36,38-40,44H2,1-2H3,(H,47,48)/b11-10-,16-15-,24-21-,25-22-,30-27+,33-6-,37-32+/t41?,42-/m1/s1. The zero-order chi connectivity index (χ0) is 38.9. The number of phosphoric acid groups is 1. The minimum absolute atomic E-state index is 0.0812. The maximum Gasteiger partial charge on any atom is 0.472 e. The minimum Gasteiger partial charge on any atom is -0.492 e. The van der Waals surface area contributed by atoms with E-state index in [2.05, 4.69) is 49.5 Å². The lowest BCUT2D eigenvalue weighted by molar-refractivity contribution is -0.147. The molecule has 0 fully saturated rings. The van der Waals surface area contributed by atoms with E-state index in [0.717, 1.165) is 44.9 Å². The maximum absolute atomic E-state index is 12.4. The van der Waals surface area contributed by atoms with Crippen LogP contribution in [0.3, 0.4) is 0 Å². The summed E-state index contributed by atoms with van der Waals surface area (Å²) in [4.78, 5) is 22.2. The molecule has 0 radical (unpaired) electrons. The molecule has 0 aliphatic heterocycles. The number of nitrogens with two attached hydrogens (primary N) is 1. The van der Waals surface area contributed by atoms with Crippen molar-refractivity contribution in [3.63, 3.8) is 0 Å². The molecule has 10 heteroatoms. The van der Waals surface area contributed by atoms with Gasteiger partial charge >= 0.3 is 13.8 Å².